The molecule has 2 N–H and O–H groups in total. The zero-order chi connectivity index (χ0) is 17.0. The molecule has 2 fully saturated rings. The van der Waals surface area contributed by atoms with Gasteiger partial charge in [-0.05, 0) is 62.1 Å². The molecule has 1 saturated heterocycles. The topological polar surface area (TPSA) is 41.1 Å². The first-order chi connectivity index (χ1) is 11.6. The van der Waals surface area contributed by atoms with Crippen LogP contribution in [0.3, 0.4) is 0 Å². The van der Waals surface area contributed by atoms with Gasteiger partial charge in [0.2, 0.25) is 5.91 Å². The molecule has 132 valence electrons. The van der Waals surface area contributed by atoms with Gasteiger partial charge in [0.25, 0.3) is 0 Å². The van der Waals surface area contributed by atoms with E-state index in [-0.39, 0.29) is 5.91 Å². The molecule has 2 aliphatic rings. The van der Waals surface area contributed by atoms with Gasteiger partial charge < -0.3 is 10.6 Å². The standard InChI is InChI=1S/C21H32N2O/c1-16-6-7-17(2)18(12-16)13-23-20(24)9-8-19-14-22-15-21(19)10-4-3-5-11-21/h6-7,12,19,22H,3-5,8-11,13-15H2,1-2H3,(H,23,24). The van der Waals surface area contributed by atoms with Crippen LogP contribution in [0.25, 0.3) is 0 Å². The van der Waals surface area contributed by atoms with E-state index in [0.29, 0.717) is 24.3 Å². The van der Waals surface area contributed by atoms with Gasteiger partial charge in [0.05, 0.1) is 0 Å². The van der Waals surface area contributed by atoms with Crippen molar-refractivity contribution in [2.45, 2.75) is 65.3 Å². The number of carbonyl (C=O) groups is 1. The summed E-state index contributed by atoms with van der Waals surface area (Å²) in [6.45, 7) is 7.13. The average molecular weight is 329 g/mol. The summed E-state index contributed by atoms with van der Waals surface area (Å²) in [6.07, 6.45) is 8.55. The predicted octanol–water partition coefficient (Wildman–Crippen LogP) is 3.87. The third-order valence-corrected chi connectivity index (χ3v) is 6.28. The Morgan fingerprint density at radius 1 is 1.25 bits per heavy atom. The first kappa shape index (κ1) is 17.5. The van der Waals surface area contributed by atoms with Crippen molar-refractivity contribution in [1.29, 1.82) is 0 Å². The van der Waals surface area contributed by atoms with Gasteiger partial charge in [-0.2, -0.15) is 0 Å². The Balaban J connectivity index is 1.48. The second kappa shape index (κ2) is 7.69. The summed E-state index contributed by atoms with van der Waals surface area (Å²) in [4.78, 5) is 12.3. The molecule has 1 unspecified atom stereocenters. The maximum absolute atomic E-state index is 12.3. The van der Waals surface area contributed by atoms with E-state index >= 15 is 0 Å². The Bertz CT molecular complexity index is 575. The molecule has 0 bridgehead atoms. The van der Waals surface area contributed by atoms with Gasteiger partial charge >= 0.3 is 0 Å². The summed E-state index contributed by atoms with van der Waals surface area (Å²) in [5, 5.41) is 6.72. The number of hydrogen-bond acceptors (Lipinski definition) is 2. The maximum atomic E-state index is 12.3. The van der Waals surface area contributed by atoms with Crippen LogP contribution in [0.2, 0.25) is 0 Å². The lowest BCUT2D eigenvalue weighted by Gasteiger charge is -2.38. The second-order valence-corrected chi connectivity index (χ2v) is 8.00. The first-order valence-corrected chi connectivity index (χ1v) is 9.63. The fourth-order valence-electron chi connectivity index (χ4n) is 4.68. The summed E-state index contributed by atoms with van der Waals surface area (Å²) in [7, 11) is 0. The molecule has 1 aromatic carbocycles. The van der Waals surface area contributed by atoms with E-state index in [9.17, 15) is 4.79 Å². The SMILES string of the molecule is Cc1ccc(C)c(CNC(=O)CCC2CNCC23CCCCC3)c1. The first-order valence-electron chi connectivity index (χ1n) is 9.63. The molecule has 0 radical (unpaired) electrons. The molecule has 3 heteroatoms. The van der Waals surface area contributed by atoms with Crippen molar-refractivity contribution in [3.63, 3.8) is 0 Å². The zero-order valence-corrected chi connectivity index (χ0v) is 15.3. The Labute approximate surface area is 146 Å². The zero-order valence-electron chi connectivity index (χ0n) is 15.3. The largest absolute Gasteiger partial charge is 0.352 e. The quantitative estimate of drug-likeness (QED) is 0.861. The molecule has 24 heavy (non-hydrogen) atoms. The van der Waals surface area contributed by atoms with Crippen molar-refractivity contribution in [2.24, 2.45) is 11.3 Å². The third-order valence-electron chi connectivity index (χ3n) is 6.28. The average Bonchev–Trinajstić information content (AvgIpc) is 2.96. The van der Waals surface area contributed by atoms with E-state index in [4.69, 9.17) is 0 Å². The second-order valence-electron chi connectivity index (χ2n) is 8.00. The fraction of sp³-hybridized carbons (Fsp3) is 0.667. The van der Waals surface area contributed by atoms with Crippen molar-refractivity contribution in [3.8, 4) is 0 Å². The fourth-order valence-corrected chi connectivity index (χ4v) is 4.68. The highest BCUT2D eigenvalue weighted by molar-refractivity contribution is 5.75. The van der Waals surface area contributed by atoms with Crippen LogP contribution in [0.15, 0.2) is 18.2 Å². The molecule has 1 atom stereocenters. The number of benzene rings is 1. The maximum Gasteiger partial charge on any atom is 0.220 e. The summed E-state index contributed by atoms with van der Waals surface area (Å²) < 4.78 is 0. The third kappa shape index (κ3) is 4.00. The van der Waals surface area contributed by atoms with Crippen molar-refractivity contribution in [3.05, 3.63) is 34.9 Å². The highest BCUT2D eigenvalue weighted by Crippen LogP contribution is 2.46. The van der Waals surface area contributed by atoms with Crippen molar-refractivity contribution in [2.75, 3.05) is 13.1 Å². The van der Waals surface area contributed by atoms with Gasteiger partial charge in [0.15, 0.2) is 0 Å². The molecule has 1 aliphatic carbocycles. The molecule has 1 amide bonds. The summed E-state index contributed by atoms with van der Waals surface area (Å²) in [5.74, 6) is 0.887. The molecule has 1 aromatic rings. The van der Waals surface area contributed by atoms with E-state index in [0.717, 1.165) is 13.0 Å². The smallest absolute Gasteiger partial charge is 0.220 e. The Morgan fingerprint density at radius 2 is 2.04 bits per heavy atom. The molecule has 3 rings (SSSR count). The summed E-state index contributed by atoms with van der Waals surface area (Å²) in [6, 6.07) is 6.43. The van der Waals surface area contributed by atoms with Crippen LogP contribution in [-0.4, -0.2) is 19.0 Å². The van der Waals surface area contributed by atoms with Gasteiger partial charge in [0, 0.05) is 19.5 Å². The van der Waals surface area contributed by atoms with Crippen molar-refractivity contribution < 1.29 is 4.79 Å². The summed E-state index contributed by atoms with van der Waals surface area (Å²) >= 11 is 0. The normalized spacial score (nSPS) is 22.7. The van der Waals surface area contributed by atoms with Crippen LogP contribution in [0, 0.1) is 25.2 Å². The van der Waals surface area contributed by atoms with Crippen LogP contribution < -0.4 is 10.6 Å². The van der Waals surface area contributed by atoms with Crippen LogP contribution >= 0.6 is 0 Å². The lowest BCUT2D eigenvalue weighted by molar-refractivity contribution is -0.121. The van der Waals surface area contributed by atoms with Crippen LogP contribution in [0.1, 0.15) is 61.6 Å². The van der Waals surface area contributed by atoms with E-state index in [1.807, 2.05) is 0 Å². The lowest BCUT2D eigenvalue weighted by Crippen LogP contribution is -2.33. The lowest BCUT2D eigenvalue weighted by atomic mass is 9.66. The number of amides is 1. The van der Waals surface area contributed by atoms with E-state index in [1.165, 1.54) is 55.3 Å². The molecular formula is C21H32N2O. The minimum atomic E-state index is 0.203. The Hall–Kier alpha value is -1.35. The number of aryl methyl sites for hydroxylation is 2. The molecule has 1 saturated carbocycles. The van der Waals surface area contributed by atoms with Crippen molar-refractivity contribution >= 4 is 5.91 Å². The van der Waals surface area contributed by atoms with Crippen LogP contribution in [0.5, 0.6) is 0 Å². The number of rotatable bonds is 5. The number of nitrogens with one attached hydrogen (secondary N) is 2. The van der Waals surface area contributed by atoms with E-state index in [1.54, 1.807) is 0 Å². The van der Waals surface area contributed by atoms with Crippen LogP contribution in [-0.2, 0) is 11.3 Å². The minimum absolute atomic E-state index is 0.203. The number of carbonyl (C=O) groups excluding carboxylic acids is 1. The summed E-state index contributed by atoms with van der Waals surface area (Å²) in [5.41, 5.74) is 4.23. The Morgan fingerprint density at radius 3 is 2.83 bits per heavy atom. The molecule has 3 nitrogen and oxygen atoms in total. The highest BCUT2D eigenvalue weighted by Gasteiger charge is 2.42. The van der Waals surface area contributed by atoms with Gasteiger partial charge in [-0.1, -0.05) is 43.0 Å². The monoisotopic (exact) mass is 328 g/mol. The Kier molecular flexibility index (Phi) is 5.60. The van der Waals surface area contributed by atoms with Crippen molar-refractivity contribution in [1.82, 2.24) is 10.6 Å². The van der Waals surface area contributed by atoms with Gasteiger partial charge in [-0.3, -0.25) is 4.79 Å². The van der Waals surface area contributed by atoms with E-state index < -0.39 is 0 Å². The van der Waals surface area contributed by atoms with Gasteiger partial charge in [-0.15, -0.1) is 0 Å². The molecule has 1 aliphatic heterocycles. The molecule has 1 heterocycles. The molecular weight excluding hydrogens is 296 g/mol. The van der Waals surface area contributed by atoms with Gasteiger partial charge in [0.1, 0.15) is 0 Å². The molecule has 1 spiro atoms. The van der Waals surface area contributed by atoms with E-state index in [2.05, 4.69) is 42.7 Å². The number of hydrogen-bond donors (Lipinski definition) is 2. The van der Waals surface area contributed by atoms with Gasteiger partial charge in [-0.25, -0.2) is 0 Å². The van der Waals surface area contributed by atoms with Crippen LogP contribution in [0.4, 0.5) is 0 Å². The predicted molar refractivity (Wildman–Crippen MR) is 98.9 cm³/mol. The minimum Gasteiger partial charge on any atom is -0.352 e. The molecule has 0 aromatic heterocycles. The highest BCUT2D eigenvalue weighted by atomic mass is 16.1.